The molecule has 0 saturated carbocycles. The van der Waals surface area contributed by atoms with E-state index in [1.54, 1.807) is 6.20 Å². The summed E-state index contributed by atoms with van der Waals surface area (Å²) in [5, 5.41) is 9.03. The Balaban J connectivity index is 2.19. The van der Waals surface area contributed by atoms with Gasteiger partial charge in [0.15, 0.2) is 5.69 Å². The van der Waals surface area contributed by atoms with Crippen LogP contribution in [-0.2, 0) is 4.74 Å². The van der Waals surface area contributed by atoms with E-state index >= 15 is 0 Å². The predicted molar refractivity (Wildman–Crippen MR) is 64.6 cm³/mol. The van der Waals surface area contributed by atoms with Gasteiger partial charge in [0.25, 0.3) is 0 Å². The van der Waals surface area contributed by atoms with E-state index in [9.17, 15) is 0 Å². The Morgan fingerprint density at radius 2 is 2.53 bits per heavy atom. The van der Waals surface area contributed by atoms with Crippen LogP contribution in [0.4, 0.5) is 5.69 Å². The predicted octanol–water partition coefficient (Wildman–Crippen LogP) is 0.506. The molecule has 1 aliphatic rings. The monoisotopic (exact) mass is 232 g/mol. The minimum Gasteiger partial charge on any atom is -0.373 e. The Hall–Kier alpha value is -1.64. The third-order valence-corrected chi connectivity index (χ3v) is 2.91. The summed E-state index contributed by atoms with van der Waals surface area (Å²) in [5.74, 6) is 0. The Kier molecular flexibility index (Phi) is 3.57. The summed E-state index contributed by atoms with van der Waals surface area (Å²) in [6.45, 7) is 4.04. The highest BCUT2D eigenvalue weighted by Crippen LogP contribution is 2.20. The lowest BCUT2D eigenvalue weighted by molar-refractivity contribution is 0.0275. The van der Waals surface area contributed by atoms with Gasteiger partial charge in [-0.05, 0) is 19.1 Å². The fourth-order valence-electron chi connectivity index (χ4n) is 1.95. The van der Waals surface area contributed by atoms with Gasteiger partial charge in [-0.2, -0.15) is 5.26 Å². The van der Waals surface area contributed by atoms with Gasteiger partial charge in [0.1, 0.15) is 6.07 Å². The van der Waals surface area contributed by atoms with Crippen molar-refractivity contribution >= 4 is 5.69 Å². The molecule has 0 aliphatic carbocycles. The molecule has 17 heavy (non-hydrogen) atoms. The number of pyridine rings is 1. The van der Waals surface area contributed by atoms with Gasteiger partial charge in [0, 0.05) is 25.3 Å². The van der Waals surface area contributed by atoms with Crippen LogP contribution in [0.5, 0.6) is 0 Å². The number of aromatic nitrogens is 1. The van der Waals surface area contributed by atoms with Crippen molar-refractivity contribution in [1.82, 2.24) is 4.98 Å². The average Bonchev–Trinajstić information content (AvgIpc) is 2.39. The second kappa shape index (κ2) is 5.13. The molecule has 0 aromatic carbocycles. The number of rotatable bonds is 2. The van der Waals surface area contributed by atoms with Crippen molar-refractivity contribution in [3.63, 3.8) is 0 Å². The Bertz CT molecular complexity index is 427. The molecule has 0 bridgehead atoms. The minimum atomic E-state index is -0.0139. The van der Waals surface area contributed by atoms with Gasteiger partial charge in [-0.1, -0.05) is 0 Å². The zero-order valence-corrected chi connectivity index (χ0v) is 9.84. The topological polar surface area (TPSA) is 75.2 Å². The van der Waals surface area contributed by atoms with Crippen LogP contribution in [0.2, 0.25) is 0 Å². The van der Waals surface area contributed by atoms with Gasteiger partial charge < -0.3 is 15.4 Å². The van der Waals surface area contributed by atoms with Gasteiger partial charge in [0.05, 0.1) is 18.4 Å². The summed E-state index contributed by atoms with van der Waals surface area (Å²) in [4.78, 5) is 6.18. The third kappa shape index (κ3) is 2.54. The first-order valence-electron chi connectivity index (χ1n) is 5.69. The van der Waals surface area contributed by atoms with Gasteiger partial charge in [-0.3, -0.25) is 0 Å². The lowest BCUT2D eigenvalue weighted by atomic mass is 10.1. The molecule has 0 spiro atoms. The summed E-state index contributed by atoms with van der Waals surface area (Å²) in [6.07, 6.45) is 1.64. The maximum atomic E-state index is 9.03. The van der Waals surface area contributed by atoms with Crippen LogP contribution in [0.25, 0.3) is 0 Å². The highest BCUT2D eigenvalue weighted by atomic mass is 16.5. The highest BCUT2D eigenvalue weighted by Gasteiger charge is 2.24. The van der Waals surface area contributed by atoms with E-state index in [-0.39, 0.29) is 12.1 Å². The molecule has 2 atom stereocenters. The fourth-order valence-corrected chi connectivity index (χ4v) is 1.95. The van der Waals surface area contributed by atoms with E-state index < -0.39 is 0 Å². The van der Waals surface area contributed by atoms with Crippen molar-refractivity contribution in [2.75, 3.05) is 24.6 Å². The average molecular weight is 232 g/mol. The standard InChI is InChI=1S/C12H16N4O/c1-9(14)12-8-16(5-6-17-12)11-3-2-4-15-10(11)7-13/h2-4,9,12H,5-6,8,14H2,1H3. The van der Waals surface area contributed by atoms with Crippen LogP contribution < -0.4 is 10.6 Å². The van der Waals surface area contributed by atoms with Gasteiger partial charge in [-0.15, -0.1) is 0 Å². The lowest BCUT2D eigenvalue weighted by Gasteiger charge is -2.36. The Morgan fingerprint density at radius 1 is 1.71 bits per heavy atom. The number of nitriles is 1. The molecule has 2 rings (SSSR count). The summed E-state index contributed by atoms with van der Waals surface area (Å²) in [7, 11) is 0. The SMILES string of the molecule is CC(N)C1CN(c2cccnc2C#N)CCO1. The number of hydrogen-bond acceptors (Lipinski definition) is 5. The maximum absolute atomic E-state index is 9.03. The van der Waals surface area contributed by atoms with E-state index in [1.807, 2.05) is 19.1 Å². The number of ether oxygens (including phenoxy) is 1. The molecular weight excluding hydrogens is 216 g/mol. The number of morpholine rings is 1. The van der Waals surface area contributed by atoms with Crippen LogP contribution in [0.1, 0.15) is 12.6 Å². The minimum absolute atomic E-state index is 0.00972. The molecule has 2 heterocycles. The summed E-state index contributed by atoms with van der Waals surface area (Å²) in [5.41, 5.74) is 7.17. The number of nitrogens with two attached hydrogens (primary N) is 1. The molecule has 0 amide bonds. The quantitative estimate of drug-likeness (QED) is 0.804. The summed E-state index contributed by atoms with van der Waals surface area (Å²) < 4.78 is 5.59. The molecule has 2 unspecified atom stereocenters. The second-order valence-corrected chi connectivity index (χ2v) is 4.20. The molecule has 1 fully saturated rings. The van der Waals surface area contributed by atoms with Crippen molar-refractivity contribution in [1.29, 1.82) is 5.26 Å². The Morgan fingerprint density at radius 3 is 3.24 bits per heavy atom. The zero-order chi connectivity index (χ0) is 12.3. The van der Waals surface area contributed by atoms with E-state index in [2.05, 4.69) is 16.0 Å². The molecule has 1 aromatic rings. The highest BCUT2D eigenvalue weighted by molar-refractivity contribution is 5.56. The van der Waals surface area contributed by atoms with Crippen molar-refractivity contribution < 1.29 is 4.74 Å². The van der Waals surface area contributed by atoms with E-state index in [4.69, 9.17) is 15.7 Å². The van der Waals surface area contributed by atoms with Crippen molar-refractivity contribution in [2.24, 2.45) is 5.73 Å². The van der Waals surface area contributed by atoms with Crippen molar-refractivity contribution in [2.45, 2.75) is 19.1 Å². The van der Waals surface area contributed by atoms with Gasteiger partial charge in [0.2, 0.25) is 0 Å². The molecule has 2 N–H and O–H groups in total. The third-order valence-electron chi connectivity index (χ3n) is 2.91. The van der Waals surface area contributed by atoms with Crippen LogP contribution in [-0.4, -0.2) is 36.8 Å². The van der Waals surface area contributed by atoms with Crippen LogP contribution in [0.15, 0.2) is 18.3 Å². The number of nitrogens with zero attached hydrogens (tertiary/aromatic N) is 3. The van der Waals surface area contributed by atoms with E-state index in [0.717, 1.165) is 12.2 Å². The first kappa shape index (κ1) is 11.8. The largest absolute Gasteiger partial charge is 0.373 e. The molecule has 1 aliphatic heterocycles. The molecule has 90 valence electrons. The van der Waals surface area contributed by atoms with E-state index in [0.29, 0.717) is 18.8 Å². The lowest BCUT2D eigenvalue weighted by Crippen LogP contribution is -2.49. The summed E-state index contributed by atoms with van der Waals surface area (Å²) >= 11 is 0. The van der Waals surface area contributed by atoms with Crippen molar-refractivity contribution in [3.8, 4) is 6.07 Å². The molecule has 0 radical (unpaired) electrons. The van der Waals surface area contributed by atoms with Crippen LogP contribution in [0.3, 0.4) is 0 Å². The molecule has 1 saturated heterocycles. The molecule has 1 aromatic heterocycles. The van der Waals surface area contributed by atoms with E-state index in [1.165, 1.54) is 0 Å². The molecular formula is C12H16N4O. The van der Waals surface area contributed by atoms with Gasteiger partial charge >= 0.3 is 0 Å². The zero-order valence-electron chi connectivity index (χ0n) is 9.84. The Labute approximate surface area is 101 Å². The molecule has 5 heteroatoms. The fraction of sp³-hybridized carbons (Fsp3) is 0.500. The summed E-state index contributed by atoms with van der Waals surface area (Å²) in [6, 6.07) is 5.85. The number of anilines is 1. The maximum Gasteiger partial charge on any atom is 0.163 e. The smallest absolute Gasteiger partial charge is 0.163 e. The molecule has 5 nitrogen and oxygen atoms in total. The first-order chi connectivity index (χ1) is 8.22. The normalized spacial score (nSPS) is 21.9. The van der Waals surface area contributed by atoms with Crippen molar-refractivity contribution in [3.05, 3.63) is 24.0 Å². The second-order valence-electron chi connectivity index (χ2n) is 4.20. The van der Waals surface area contributed by atoms with Gasteiger partial charge in [-0.25, -0.2) is 4.98 Å². The number of hydrogen-bond donors (Lipinski definition) is 1. The first-order valence-corrected chi connectivity index (χ1v) is 5.69. The van der Waals surface area contributed by atoms with Crippen LogP contribution >= 0.6 is 0 Å². The van der Waals surface area contributed by atoms with Crippen LogP contribution in [0, 0.1) is 11.3 Å².